The van der Waals surface area contributed by atoms with Gasteiger partial charge in [-0.25, -0.2) is 0 Å². The van der Waals surface area contributed by atoms with Crippen LogP contribution in [0.5, 0.6) is 5.75 Å². The first-order chi connectivity index (χ1) is 20.3. The van der Waals surface area contributed by atoms with E-state index in [0.29, 0.717) is 55.9 Å². The number of ketones is 1. The first kappa shape index (κ1) is 27.3. The minimum absolute atomic E-state index is 0.164. The maximum atomic E-state index is 13.9. The monoisotopic (exact) mass is 582 g/mol. The van der Waals surface area contributed by atoms with Crippen molar-refractivity contribution in [2.75, 3.05) is 12.4 Å². The molecule has 0 aliphatic heterocycles. The number of nitrogens with one attached hydrogen (secondary N) is 1. The van der Waals surface area contributed by atoms with Crippen LogP contribution in [0.25, 0.3) is 22.2 Å². The number of ether oxygens (including phenoxy) is 1. The molecule has 1 saturated carbocycles. The van der Waals surface area contributed by atoms with Crippen LogP contribution < -0.4 is 15.6 Å². The van der Waals surface area contributed by atoms with Gasteiger partial charge in [-0.3, -0.25) is 33.6 Å². The van der Waals surface area contributed by atoms with Gasteiger partial charge in [0.1, 0.15) is 11.8 Å². The number of hydrogen-bond donors (Lipinski definition) is 1. The first-order valence-electron chi connectivity index (χ1n) is 13.5. The fourth-order valence-electron chi connectivity index (χ4n) is 5.00. The summed E-state index contributed by atoms with van der Waals surface area (Å²) in [5.74, 6) is -0.290. The fourth-order valence-corrected chi connectivity index (χ4v) is 5.17. The minimum atomic E-state index is -0.966. The molecule has 5 aromatic rings. The van der Waals surface area contributed by atoms with Gasteiger partial charge in [0.2, 0.25) is 5.91 Å². The summed E-state index contributed by atoms with van der Waals surface area (Å²) in [5.41, 5.74) is 3.33. The van der Waals surface area contributed by atoms with Crippen molar-refractivity contribution < 1.29 is 14.3 Å². The van der Waals surface area contributed by atoms with Crippen molar-refractivity contribution in [3.8, 4) is 16.9 Å². The Bertz CT molecular complexity index is 1890. The van der Waals surface area contributed by atoms with Crippen molar-refractivity contribution in [2.45, 2.75) is 38.3 Å². The number of rotatable bonds is 9. The van der Waals surface area contributed by atoms with Crippen LogP contribution in [0, 0.1) is 0 Å². The van der Waals surface area contributed by atoms with Gasteiger partial charge in [-0.05, 0) is 67.8 Å². The summed E-state index contributed by atoms with van der Waals surface area (Å²) in [5, 5.41) is 8.01. The van der Waals surface area contributed by atoms with Gasteiger partial charge in [0.15, 0.2) is 5.78 Å². The molecule has 1 aliphatic carbocycles. The molecule has 1 N–H and O–H groups in total. The molecule has 1 atom stereocenters. The molecule has 1 aliphatic rings. The molecule has 1 unspecified atom stereocenters. The van der Waals surface area contributed by atoms with E-state index in [9.17, 15) is 14.4 Å². The summed E-state index contributed by atoms with van der Waals surface area (Å²) in [6, 6.07) is 12.7. The third-order valence-electron chi connectivity index (χ3n) is 7.28. The highest BCUT2D eigenvalue weighted by molar-refractivity contribution is 6.31. The number of fused-ring (bicyclic) bond motifs is 1. The van der Waals surface area contributed by atoms with E-state index in [1.165, 1.54) is 30.9 Å². The summed E-state index contributed by atoms with van der Waals surface area (Å²) < 4.78 is 8.92. The van der Waals surface area contributed by atoms with Gasteiger partial charge >= 0.3 is 0 Å². The van der Waals surface area contributed by atoms with E-state index >= 15 is 0 Å². The lowest BCUT2D eigenvalue weighted by molar-refractivity contribution is -0.119. The van der Waals surface area contributed by atoms with E-state index in [1.807, 2.05) is 16.9 Å². The Balaban J connectivity index is 1.41. The van der Waals surface area contributed by atoms with Gasteiger partial charge in [-0.2, -0.15) is 5.10 Å². The SMILES string of the molecule is COc1cn(C(Cc2ccn(C3CC3)n2)C(=O)Nc2ccc3nccnc3c2)c(=O)cc1-c1cc(Cl)ccc1C(C)=O. The third-order valence-corrected chi connectivity index (χ3v) is 7.51. The Labute approximate surface area is 245 Å². The van der Waals surface area contributed by atoms with Gasteiger partial charge in [-0.1, -0.05) is 11.6 Å². The number of methoxy groups -OCH3 is 1. The second kappa shape index (κ2) is 11.2. The standard InChI is InChI=1S/C31H27ClN6O4/c1-18(39)23-7-3-19(32)13-24(23)25-16-30(40)37(17-29(25)42-2)28(15-21-9-12-38(36-21)22-5-6-22)31(41)35-20-4-8-26-27(14-20)34-11-10-33-26/h3-4,7-14,16-17,22,28H,5-6,15H2,1-2H3,(H,35,41). The second-order valence-electron chi connectivity index (χ2n) is 10.2. The highest BCUT2D eigenvalue weighted by Crippen LogP contribution is 2.35. The van der Waals surface area contributed by atoms with E-state index in [-0.39, 0.29) is 12.2 Å². The van der Waals surface area contributed by atoms with Crippen LogP contribution in [-0.2, 0) is 11.2 Å². The van der Waals surface area contributed by atoms with Crippen LogP contribution >= 0.6 is 11.6 Å². The number of aromatic nitrogens is 5. The number of halogens is 1. The van der Waals surface area contributed by atoms with Crippen LogP contribution in [0.1, 0.15) is 47.9 Å². The van der Waals surface area contributed by atoms with E-state index in [0.717, 1.165) is 12.8 Å². The molecule has 2 aromatic carbocycles. The minimum Gasteiger partial charge on any atom is -0.495 e. The predicted molar refractivity (Wildman–Crippen MR) is 159 cm³/mol. The zero-order valence-corrected chi connectivity index (χ0v) is 23.7. The lowest BCUT2D eigenvalue weighted by Gasteiger charge is -2.21. The van der Waals surface area contributed by atoms with Crippen molar-refractivity contribution in [2.24, 2.45) is 0 Å². The first-order valence-corrected chi connectivity index (χ1v) is 13.8. The van der Waals surface area contributed by atoms with Gasteiger partial charge < -0.3 is 10.1 Å². The third kappa shape index (κ3) is 5.53. The van der Waals surface area contributed by atoms with E-state index < -0.39 is 17.5 Å². The van der Waals surface area contributed by atoms with Crippen LogP contribution in [0.3, 0.4) is 0 Å². The molecule has 10 nitrogen and oxygen atoms in total. The summed E-state index contributed by atoms with van der Waals surface area (Å²) >= 11 is 6.26. The van der Waals surface area contributed by atoms with Crippen molar-refractivity contribution in [1.29, 1.82) is 0 Å². The normalized spacial score (nSPS) is 13.6. The van der Waals surface area contributed by atoms with E-state index in [2.05, 4.69) is 20.4 Å². The number of anilines is 1. The number of nitrogens with zero attached hydrogens (tertiary/aromatic N) is 5. The molecule has 0 radical (unpaired) electrons. The molecule has 11 heteroatoms. The zero-order valence-electron chi connectivity index (χ0n) is 23.0. The number of carbonyl (C=O) groups is 2. The molecule has 1 fully saturated rings. The number of Topliss-reactive ketones (excluding diaryl/α,β-unsaturated/α-hetero) is 1. The van der Waals surface area contributed by atoms with Crippen LogP contribution in [0.15, 0.2) is 78.1 Å². The average molecular weight is 583 g/mol. The van der Waals surface area contributed by atoms with Crippen molar-refractivity contribution in [3.63, 3.8) is 0 Å². The van der Waals surface area contributed by atoms with Gasteiger partial charge in [0.25, 0.3) is 5.56 Å². The Morgan fingerprint density at radius 1 is 1.05 bits per heavy atom. The molecule has 3 heterocycles. The van der Waals surface area contributed by atoms with Crippen molar-refractivity contribution in [1.82, 2.24) is 24.3 Å². The molecular weight excluding hydrogens is 556 g/mol. The van der Waals surface area contributed by atoms with Crippen LogP contribution in [0.4, 0.5) is 5.69 Å². The molecule has 0 spiro atoms. The fraction of sp³-hybridized carbons (Fsp3) is 0.226. The molecule has 6 rings (SSSR count). The largest absolute Gasteiger partial charge is 0.495 e. The predicted octanol–water partition coefficient (Wildman–Crippen LogP) is 5.28. The number of amides is 1. The van der Waals surface area contributed by atoms with Gasteiger partial charge in [-0.15, -0.1) is 0 Å². The summed E-state index contributed by atoms with van der Waals surface area (Å²) in [6.07, 6.45) is 8.88. The summed E-state index contributed by atoms with van der Waals surface area (Å²) in [7, 11) is 1.47. The molecule has 0 saturated heterocycles. The van der Waals surface area contributed by atoms with Gasteiger partial charge in [0.05, 0.1) is 36.1 Å². The lowest BCUT2D eigenvalue weighted by Crippen LogP contribution is -2.34. The quantitative estimate of drug-likeness (QED) is 0.235. The molecule has 0 bridgehead atoms. The smallest absolute Gasteiger partial charge is 0.252 e. The topological polar surface area (TPSA) is 121 Å². The molecule has 42 heavy (non-hydrogen) atoms. The highest BCUT2D eigenvalue weighted by atomic mass is 35.5. The second-order valence-corrected chi connectivity index (χ2v) is 10.7. The zero-order chi connectivity index (χ0) is 29.4. The Kier molecular flexibility index (Phi) is 7.30. The number of hydrogen-bond acceptors (Lipinski definition) is 7. The summed E-state index contributed by atoms with van der Waals surface area (Å²) in [6.45, 7) is 1.44. The summed E-state index contributed by atoms with van der Waals surface area (Å²) in [4.78, 5) is 48.5. The molecular formula is C31H27ClN6O4. The van der Waals surface area contributed by atoms with Crippen LogP contribution in [-0.4, -0.2) is 43.1 Å². The molecule has 1 amide bonds. The highest BCUT2D eigenvalue weighted by Gasteiger charge is 2.28. The maximum absolute atomic E-state index is 13.9. The number of carbonyl (C=O) groups excluding carboxylic acids is 2. The van der Waals surface area contributed by atoms with Crippen molar-refractivity contribution >= 4 is 40.0 Å². The van der Waals surface area contributed by atoms with Gasteiger partial charge in [0, 0.05) is 52.9 Å². The lowest BCUT2D eigenvalue weighted by atomic mass is 9.97. The van der Waals surface area contributed by atoms with E-state index in [1.54, 1.807) is 48.8 Å². The Morgan fingerprint density at radius 3 is 2.57 bits per heavy atom. The average Bonchev–Trinajstić information content (AvgIpc) is 3.73. The van der Waals surface area contributed by atoms with Crippen LogP contribution in [0.2, 0.25) is 5.02 Å². The molecule has 212 valence electrons. The Hall–Kier alpha value is -4.83. The Morgan fingerprint density at radius 2 is 1.83 bits per heavy atom. The number of benzene rings is 2. The molecule has 3 aromatic heterocycles. The van der Waals surface area contributed by atoms with E-state index in [4.69, 9.17) is 16.3 Å². The number of pyridine rings is 1. The van der Waals surface area contributed by atoms with Crippen molar-refractivity contribution in [3.05, 3.63) is 100.0 Å². The maximum Gasteiger partial charge on any atom is 0.252 e.